The summed E-state index contributed by atoms with van der Waals surface area (Å²) in [5.41, 5.74) is 1.67. The molecule has 0 saturated carbocycles. The highest BCUT2D eigenvalue weighted by Crippen LogP contribution is 2.22. The Labute approximate surface area is 132 Å². The zero-order valence-electron chi connectivity index (χ0n) is 13.0. The molecule has 1 aromatic carbocycles. The minimum Gasteiger partial charge on any atom is -0.459 e. The van der Waals surface area contributed by atoms with Crippen molar-refractivity contribution in [1.82, 2.24) is 10.2 Å². The van der Waals surface area contributed by atoms with Crippen molar-refractivity contribution in [3.05, 3.63) is 41.7 Å². The first-order valence-electron chi connectivity index (χ1n) is 6.99. The molecule has 2 rings (SSSR count). The number of carbonyl (C=O) groups excluding carboxylic acids is 2. The Morgan fingerprint density at radius 1 is 1.26 bits per heavy atom. The largest absolute Gasteiger partial charge is 0.459 e. The number of aryl methyl sites for hydroxylation is 1. The number of nitrogens with zero attached hydrogens (tertiary/aromatic N) is 3. The van der Waals surface area contributed by atoms with Gasteiger partial charge in [0, 0.05) is 12.6 Å². The van der Waals surface area contributed by atoms with Gasteiger partial charge in [-0.2, -0.15) is 0 Å². The van der Waals surface area contributed by atoms with Gasteiger partial charge in [0.05, 0.1) is 12.3 Å². The van der Waals surface area contributed by atoms with Crippen LogP contribution in [0.5, 0.6) is 0 Å². The molecule has 0 radical (unpaired) electrons. The molecule has 1 aromatic heterocycles. The number of aromatic nitrogens is 2. The number of hydrogen-bond donors (Lipinski definition) is 0. The van der Waals surface area contributed by atoms with Crippen LogP contribution < -0.4 is 4.90 Å². The molecular weight excluding hydrogens is 301 g/mol. The second-order valence-corrected chi connectivity index (χ2v) is 4.83. The van der Waals surface area contributed by atoms with Crippen LogP contribution in [0.2, 0.25) is 0 Å². The van der Waals surface area contributed by atoms with Gasteiger partial charge in [-0.05, 0) is 37.6 Å². The van der Waals surface area contributed by atoms with E-state index in [-0.39, 0.29) is 18.2 Å². The SMILES string of the molecule is CCOC(=O)C(=O)N(C)c1nnc(-c2cccc(F)c2)cc1C. The molecule has 0 unspecified atom stereocenters. The van der Waals surface area contributed by atoms with E-state index in [1.165, 1.54) is 19.2 Å². The van der Waals surface area contributed by atoms with Gasteiger partial charge in [0.15, 0.2) is 5.82 Å². The van der Waals surface area contributed by atoms with Crippen LogP contribution in [-0.2, 0) is 14.3 Å². The molecule has 0 aliphatic rings. The third kappa shape index (κ3) is 3.68. The predicted molar refractivity (Wildman–Crippen MR) is 82.2 cm³/mol. The Bertz CT molecular complexity index is 749. The number of ether oxygens (including phenoxy) is 1. The number of esters is 1. The fourth-order valence-electron chi connectivity index (χ4n) is 2.03. The highest BCUT2D eigenvalue weighted by atomic mass is 19.1. The van der Waals surface area contributed by atoms with Crippen LogP contribution in [0, 0.1) is 12.7 Å². The van der Waals surface area contributed by atoms with Crippen molar-refractivity contribution >= 4 is 17.7 Å². The van der Waals surface area contributed by atoms with Crippen LogP contribution in [0.3, 0.4) is 0 Å². The maximum absolute atomic E-state index is 13.3. The summed E-state index contributed by atoms with van der Waals surface area (Å²) in [4.78, 5) is 24.5. The smallest absolute Gasteiger partial charge is 0.397 e. The molecule has 1 heterocycles. The quantitative estimate of drug-likeness (QED) is 0.640. The van der Waals surface area contributed by atoms with Crippen molar-refractivity contribution in [3.63, 3.8) is 0 Å². The molecule has 0 spiro atoms. The summed E-state index contributed by atoms with van der Waals surface area (Å²) in [6.07, 6.45) is 0. The average molecular weight is 317 g/mol. The number of anilines is 1. The van der Waals surface area contributed by atoms with Crippen molar-refractivity contribution in [2.75, 3.05) is 18.6 Å². The zero-order chi connectivity index (χ0) is 17.0. The monoisotopic (exact) mass is 317 g/mol. The summed E-state index contributed by atoms with van der Waals surface area (Å²) in [5, 5.41) is 7.97. The summed E-state index contributed by atoms with van der Waals surface area (Å²) < 4.78 is 17.9. The summed E-state index contributed by atoms with van der Waals surface area (Å²) in [6.45, 7) is 3.45. The molecule has 0 saturated heterocycles. The van der Waals surface area contributed by atoms with Gasteiger partial charge in [0.25, 0.3) is 0 Å². The first-order chi connectivity index (χ1) is 10.9. The van der Waals surface area contributed by atoms with Gasteiger partial charge >= 0.3 is 11.9 Å². The van der Waals surface area contributed by atoms with E-state index < -0.39 is 11.9 Å². The minimum absolute atomic E-state index is 0.113. The molecule has 0 aliphatic heterocycles. The van der Waals surface area contributed by atoms with Gasteiger partial charge in [0.2, 0.25) is 0 Å². The van der Waals surface area contributed by atoms with Crippen LogP contribution in [0.25, 0.3) is 11.3 Å². The molecule has 0 atom stereocenters. The lowest BCUT2D eigenvalue weighted by molar-refractivity contribution is -0.153. The van der Waals surface area contributed by atoms with Crippen LogP contribution in [0.4, 0.5) is 10.2 Å². The molecule has 0 N–H and O–H groups in total. The number of benzene rings is 1. The lowest BCUT2D eigenvalue weighted by atomic mass is 10.1. The van der Waals surface area contributed by atoms with Gasteiger partial charge < -0.3 is 4.74 Å². The van der Waals surface area contributed by atoms with Crippen molar-refractivity contribution in [3.8, 4) is 11.3 Å². The van der Waals surface area contributed by atoms with Crippen LogP contribution in [0.15, 0.2) is 30.3 Å². The van der Waals surface area contributed by atoms with Gasteiger partial charge in [-0.25, -0.2) is 9.18 Å². The Hall–Kier alpha value is -2.83. The highest BCUT2D eigenvalue weighted by molar-refractivity contribution is 6.37. The summed E-state index contributed by atoms with van der Waals surface area (Å²) >= 11 is 0. The normalized spacial score (nSPS) is 10.3. The standard InChI is InChI=1S/C16H16FN3O3/c1-4-23-16(22)15(21)20(3)14-10(2)8-13(18-19-14)11-6-5-7-12(17)9-11/h5-9H,4H2,1-3H3. The first kappa shape index (κ1) is 16.5. The maximum Gasteiger partial charge on any atom is 0.397 e. The van der Waals surface area contributed by atoms with Crippen molar-refractivity contribution < 1.29 is 18.7 Å². The van der Waals surface area contributed by atoms with E-state index in [1.54, 1.807) is 32.0 Å². The van der Waals surface area contributed by atoms with Gasteiger partial charge in [-0.3, -0.25) is 9.69 Å². The van der Waals surface area contributed by atoms with Crippen LogP contribution >= 0.6 is 0 Å². The van der Waals surface area contributed by atoms with E-state index in [9.17, 15) is 14.0 Å². The number of rotatable bonds is 3. The average Bonchev–Trinajstić information content (AvgIpc) is 2.53. The molecular formula is C16H16FN3O3. The number of carbonyl (C=O) groups is 2. The molecule has 7 heteroatoms. The van der Waals surface area contributed by atoms with E-state index >= 15 is 0 Å². The van der Waals surface area contributed by atoms with Gasteiger partial charge in [0.1, 0.15) is 5.82 Å². The predicted octanol–water partition coefficient (Wildman–Crippen LogP) is 2.12. The summed E-state index contributed by atoms with van der Waals surface area (Å²) in [6, 6.07) is 7.64. The molecule has 0 fully saturated rings. The van der Waals surface area contributed by atoms with E-state index in [0.717, 1.165) is 4.90 Å². The van der Waals surface area contributed by atoms with E-state index in [1.807, 2.05) is 0 Å². The third-order valence-electron chi connectivity index (χ3n) is 3.15. The Morgan fingerprint density at radius 2 is 2.00 bits per heavy atom. The molecule has 0 aliphatic carbocycles. The first-order valence-corrected chi connectivity index (χ1v) is 6.99. The highest BCUT2D eigenvalue weighted by Gasteiger charge is 2.23. The maximum atomic E-state index is 13.3. The van der Waals surface area contributed by atoms with Gasteiger partial charge in [-0.15, -0.1) is 10.2 Å². The van der Waals surface area contributed by atoms with Crippen LogP contribution in [0.1, 0.15) is 12.5 Å². The van der Waals surface area contributed by atoms with E-state index in [2.05, 4.69) is 14.9 Å². The topological polar surface area (TPSA) is 72.4 Å². The Balaban J connectivity index is 2.29. The number of likely N-dealkylation sites (N-methyl/N-ethyl adjacent to an activating group) is 1. The second kappa shape index (κ2) is 6.95. The van der Waals surface area contributed by atoms with E-state index in [0.29, 0.717) is 16.8 Å². The van der Waals surface area contributed by atoms with Crippen molar-refractivity contribution in [2.24, 2.45) is 0 Å². The fourth-order valence-corrected chi connectivity index (χ4v) is 2.03. The molecule has 2 aromatic rings. The summed E-state index contributed by atoms with van der Waals surface area (Å²) in [7, 11) is 1.41. The molecule has 23 heavy (non-hydrogen) atoms. The third-order valence-corrected chi connectivity index (χ3v) is 3.15. The molecule has 1 amide bonds. The lowest BCUT2D eigenvalue weighted by Crippen LogP contribution is -2.35. The lowest BCUT2D eigenvalue weighted by Gasteiger charge is -2.17. The second-order valence-electron chi connectivity index (χ2n) is 4.83. The van der Waals surface area contributed by atoms with Gasteiger partial charge in [-0.1, -0.05) is 12.1 Å². The zero-order valence-corrected chi connectivity index (χ0v) is 13.0. The number of halogens is 1. The minimum atomic E-state index is -0.953. The van der Waals surface area contributed by atoms with Crippen molar-refractivity contribution in [2.45, 2.75) is 13.8 Å². The molecule has 0 bridgehead atoms. The van der Waals surface area contributed by atoms with E-state index in [4.69, 9.17) is 0 Å². The number of hydrogen-bond acceptors (Lipinski definition) is 5. The molecule has 120 valence electrons. The van der Waals surface area contributed by atoms with Crippen LogP contribution in [-0.4, -0.2) is 35.7 Å². The van der Waals surface area contributed by atoms with Crippen molar-refractivity contribution in [1.29, 1.82) is 0 Å². The number of amides is 1. The Morgan fingerprint density at radius 3 is 2.61 bits per heavy atom. The Kier molecular flexibility index (Phi) is 5.00. The molecule has 6 nitrogen and oxygen atoms in total. The fraction of sp³-hybridized carbons (Fsp3) is 0.250. The summed E-state index contributed by atoms with van der Waals surface area (Å²) in [5.74, 6) is -1.92.